The van der Waals surface area contributed by atoms with E-state index in [4.69, 9.17) is 9.47 Å². The smallest absolute Gasteiger partial charge is 0.246 e. The summed E-state index contributed by atoms with van der Waals surface area (Å²) < 4.78 is 11.5. The van der Waals surface area contributed by atoms with E-state index in [0.717, 1.165) is 28.9 Å². The van der Waals surface area contributed by atoms with Crippen molar-refractivity contribution >= 4 is 23.7 Å². The van der Waals surface area contributed by atoms with Gasteiger partial charge in [0.25, 0.3) is 0 Å². The third-order valence-corrected chi connectivity index (χ3v) is 4.67. The molecule has 0 fully saturated rings. The van der Waals surface area contributed by atoms with Crippen molar-refractivity contribution in [2.24, 2.45) is 0 Å². The van der Waals surface area contributed by atoms with Crippen molar-refractivity contribution in [2.45, 2.75) is 33.3 Å². The first-order valence-electron chi connectivity index (χ1n) is 9.97. The lowest BCUT2D eigenvalue weighted by Gasteiger charge is -2.15. The van der Waals surface area contributed by atoms with E-state index >= 15 is 0 Å². The number of fused-ring (bicyclic) bond motifs is 1. The molecule has 1 aliphatic rings. The fourth-order valence-corrected chi connectivity index (χ4v) is 3.23. The van der Waals surface area contributed by atoms with Crippen molar-refractivity contribution in [1.82, 2.24) is 9.88 Å². The third kappa shape index (κ3) is 5.37. The summed E-state index contributed by atoms with van der Waals surface area (Å²) in [4.78, 5) is 30.1. The summed E-state index contributed by atoms with van der Waals surface area (Å²) >= 11 is 0. The summed E-state index contributed by atoms with van der Waals surface area (Å²) in [6.07, 6.45) is 5.71. The molecule has 1 unspecified atom stereocenters. The highest BCUT2D eigenvalue weighted by atomic mass is 16.5. The Labute approximate surface area is 176 Å². The molecule has 0 radical (unpaired) electrons. The minimum Gasteiger partial charge on any atom is -0.493 e. The van der Waals surface area contributed by atoms with Crippen molar-refractivity contribution in [2.75, 3.05) is 25.5 Å². The molecule has 0 aliphatic carbocycles. The van der Waals surface area contributed by atoms with Crippen molar-refractivity contribution in [3.05, 3.63) is 53.2 Å². The Kier molecular flexibility index (Phi) is 6.72. The minimum atomic E-state index is -0.313. The minimum absolute atomic E-state index is 0.0814. The molecule has 0 saturated carbocycles. The largest absolute Gasteiger partial charge is 0.493 e. The second-order valence-electron chi connectivity index (χ2n) is 7.36. The van der Waals surface area contributed by atoms with Crippen LogP contribution in [-0.4, -0.2) is 48.0 Å². The van der Waals surface area contributed by atoms with Crippen LogP contribution in [-0.2, 0) is 16.0 Å². The molecule has 1 aliphatic heterocycles. The second kappa shape index (κ2) is 9.43. The number of aromatic nitrogens is 1. The van der Waals surface area contributed by atoms with Gasteiger partial charge in [0.2, 0.25) is 11.8 Å². The summed E-state index contributed by atoms with van der Waals surface area (Å²) in [5.74, 6) is 1.39. The van der Waals surface area contributed by atoms with Gasteiger partial charge in [-0.1, -0.05) is 0 Å². The maximum atomic E-state index is 12.5. The molecule has 0 spiro atoms. The normalized spacial score (nSPS) is 14.9. The summed E-state index contributed by atoms with van der Waals surface area (Å²) in [5.41, 5.74) is 2.86. The molecule has 0 saturated heterocycles. The highest BCUT2D eigenvalue weighted by Crippen LogP contribution is 2.35. The number of carbonyl (C=O) groups is 2. The van der Waals surface area contributed by atoms with Crippen LogP contribution in [0, 0.1) is 6.92 Å². The molecule has 1 aromatic heterocycles. The number of hydrogen-bond donors (Lipinski definition) is 1. The molecular formula is C23H27N3O4. The van der Waals surface area contributed by atoms with Crippen LogP contribution < -0.4 is 14.8 Å². The predicted octanol–water partition coefficient (Wildman–Crippen LogP) is 3.22. The fourth-order valence-electron chi connectivity index (χ4n) is 3.23. The summed E-state index contributed by atoms with van der Waals surface area (Å²) in [7, 11) is 1.58. The molecule has 2 amide bonds. The molecule has 30 heavy (non-hydrogen) atoms. The van der Waals surface area contributed by atoms with Gasteiger partial charge in [-0.05, 0) is 56.7 Å². The predicted molar refractivity (Wildman–Crippen MR) is 116 cm³/mol. The van der Waals surface area contributed by atoms with Gasteiger partial charge in [-0.15, -0.1) is 0 Å². The number of nitrogens with zero attached hydrogens (tertiary/aromatic N) is 2. The van der Waals surface area contributed by atoms with Crippen LogP contribution in [0.5, 0.6) is 11.5 Å². The number of benzene rings is 1. The molecule has 2 heterocycles. The first kappa shape index (κ1) is 21.4. The van der Waals surface area contributed by atoms with Crippen molar-refractivity contribution in [3.63, 3.8) is 0 Å². The SMILES string of the molecule is CCOc1cc2c(cc1/C=C/C(=O)N(C)CC(=O)Nc1cc(C)ccn1)OC(C)C2. The Morgan fingerprint density at radius 2 is 2.17 bits per heavy atom. The molecule has 2 aromatic rings. The van der Waals surface area contributed by atoms with E-state index in [9.17, 15) is 9.59 Å². The van der Waals surface area contributed by atoms with Crippen LogP contribution in [0.2, 0.25) is 0 Å². The molecule has 1 aromatic carbocycles. The van der Waals surface area contributed by atoms with Gasteiger partial charge < -0.3 is 19.7 Å². The number of pyridine rings is 1. The molecule has 1 atom stereocenters. The molecule has 158 valence electrons. The molecule has 7 nitrogen and oxygen atoms in total. The van der Waals surface area contributed by atoms with E-state index in [1.165, 1.54) is 11.0 Å². The lowest BCUT2D eigenvalue weighted by molar-refractivity contribution is -0.129. The number of amides is 2. The quantitative estimate of drug-likeness (QED) is 0.710. The summed E-state index contributed by atoms with van der Waals surface area (Å²) in [6, 6.07) is 7.48. The highest BCUT2D eigenvalue weighted by Gasteiger charge is 2.21. The molecule has 0 bridgehead atoms. The number of nitrogens with one attached hydrogen (secondary N) is 1. The van der Waals surface area contributed by atoms with Gasteiger partial charge in [-0.2, -0.15) is 0 Å². The second-order valence-corrected chi connectivity index (χ2v) is 7.36. The van der Waals surface area contributed by atoms with E-state index in [-0.39, 0.29) is 24.5 Å². The maximum Gasteiger partial charge on any atom is 0.246 e. The first-order valence-corrected chi connectivity index (χ1v) is 9.97. The van der Waals surface area contributed by atoms with Crippen LogP contribution in [0.15, 0.2) is 36.5 Å². The molecule has 1 N–H and O–H groups in total. The van der Waals surface area contributed by atoms with Crippen molar-refractivity contribution in [3.8, 4) is 11.5 Å². The number of ether oxygens (including phenoxy) is 2. The van der Waals surface area contributed by atoms with Crippen LogP contribution in [0.1, 0.15) is 30.5 Å². The first-order chi connectivity index (χ1) is 14.4. The van der Waals surface area contributed by atoms with Gasteiger partial charge in [0.05, 0.1) is 13.2 Å². The van der Waals surface area contributed by atoms with Crippen LogP contribution in [0.3, 0.4) is 0 Å². The number of hydrogen-bond acceptors (Lipinski definition) is 5. The lowest BCUT2D eigenvalue weighted by Crippen LogP contribution is -2.34. The Balaban J connectivity index is 1.64. The number of aryl methyl sites for hydroxylation is 1. The summed E-state index contributed by atoms with van der Waals surface area (Å²) in [6.45, 7) is 6.30. The van der Waals surface area contributed by atoms with Gasteiger partial charge in [0.15, 0.2) is 0 Å². The summed E-state index contributed by atoms with van der Waals surface area (Å²) in [5, 5.41) is 2.70. The Hall–Kier alpha value is -3.35. The van der Waals surface area contributed by atoms with Gasteiger partial charge in [-0.3, -0.25) is 9.59 Å². The molecule has 3 rings (SSSR count). The van der Waals surface area contributed by atoms with Gasteiger partial charge in [-0.25, -0.2) is 4.98 Å². The standard InChI is InChI=1S/C23H27N3O4/c1-5-29-19-13-18-11-16(3)30-20(18)12-17(19)6-7-23(28)26(4)14-22(27)25-21-10-15(2)8-9-24-21/h6-10,12-13,16H,5,11,14H2,1-4H3,(H,24,25,27)/b7-6+. The van der Waals surface area contributed by atoms with E-state index in [1.807, 2.05) is 39.0 Å². The Morgan fingerprint density at radius 3 is 2.90 bits per heavy atom. The molecular weight excluding hydrogens is 382 g/mol. The number of carbonyl (C=O) groups excluding carboxylic acids is 2. The van der Waals surface area contributed by atoms with Crippen molar-refractivity contribution in [1.29, 1.82) is 0 Å². The lowest BCUT2D eigenvalue weighted by atomic mass is 10.1. The average molecular weight is 409 g/mol. The number of rotatable bonds is 7. The third-order valence-electron chi connectivity index (χ3n) is 4.67. The van der Waals surface area contributed by atoms with E-state index in [0.29, 0.717) is 18.2 Å². The number of anilines is 1. The zero-order valence-electron chi connectivity index (χ0n) is 17.8. The topological polar surface area (TPSA) is 80.8 Å². The molecule has 7 heteroatoms. The number of likely N-dealkylation sites (N-methyl/N-ethyl adjacent to an activating group) is 1. The van der Waals surface area contributed by atoms with Gasteiger partial charge in [0, 0.05) is 36.9 Å². The van der Waals surface area contributed by atoms with Crippen molar-refractivity contribution < 1.29 is 19.1 Å². The zero-order chi connectivity index (χ0) is 21.7. The van der Waals surface area contributed by atoms with Crippen LogP contribution in [0.25, 0.3) is 6.08 Å². The Bertz CT molecular complexity index is 971. The van der Waals surface area contributed by atoms with E-state index in [2.05, 4.69) is 10.3 Å². The maximum absolute atomic E-state index is 12.5. The van der Waals surface area contributed by atoms with E-state index < -0.39 is 0 Å². The van der Waals surface area contributed by atoms with Crippen LogP contribution >= 0.6 is 0 Å². The van der Waals surface area contributed by atoms with Gasteiger partial charge >= 0.3 is 0 Å². The monoisotopic (exact) mass is 409 g/mol. The van der Waals surface area contributed by atoms with E-state index in [1.54, 1.807) is 25.4 Å². The fraction of sp³-hybridized carbons (Fsp3) is 0.348. The zero-order valence-corrected chi connectivity index (χ0v) is 17.8. The average Bonchev–Trinajstić information content (AvgIpc) is 3.04. The van der Waals surface area contributed by atoms with Gasteiger partial charge in [0.1, 0.15) is 23.4 Å². The van der Waals surface area contributed by atoms with Crippen LogP contribution in [0.4, 0.5) is 5.82 Å². The Morgan fingerprint density at radius 1 is 1.37 bits per heavy atom. The highest BCUT2D eigenvalue weighted by molar-refractivity contribution is 5.97.